The largest absolute Gasteiger partial charge is 0.309 e. The van der Waals surface area contributed by atoms with Gasteiger partial charge in [0.15, 0.2) is 23.3 Å². The molecule has 0 spiro atoms. The summed E-state index contributed by atoms with van der Waals surface area (Å²) in [5.74, 6) is -4.22. The summed E-state index contributed by atoms with van der Waals surface area (Å²) in [4.78, 5) is 0. The normalized spacial score (nSPS) is 11.1. The van der Waals surface area contributed by atoms with Crippen LogP contribution in [-0.2, 0) is 0 Å². The third-order valence-electron chi connectivity index (χ3n) is 2.87. The highest BCUT2D eigenvalue weighted by Gasteiger charge is 2.22. The summed E-state index contributed by atoms with van der Waals surface area (Å²) in [5, 5.41) is 2.66. The fourth-order valence-corrected chi connectivity index (χ4v) is 1.97. The van der Waals surface area contributed by atoms with Crippen LogP contribution in [0.15, 0.2) is 36.4 Å². The second-order valence-corrected chi connectivity index (χ2v) is 4.01. The first-order valence-corrected chi connectivity index (χ1v) is 5.61. The molecule has 0 aliphatic rings. The summed E-state index contributed by atoms with van der Waals surface area (Å²) in [6, 6.07) is 6.24. The number of halogens is 4. The summed E-state index contributed by atoms with van der Waals surface area (Å²) in [6.07, 6.45) is 0. The van der Waals surface area contributed by atoms with Crippen LogP contribution in [0.2, 0.25) is 0 Å². The second-order valence-electron chi connectivity index (χ2n) is 4.01. The summed E-state index contributed by atoms with van der Waals surface area (Å²) in [7, 11) is 1.46. The average molecular weight is 269 g/mol. The van der Waals surface area contributed by atoms with E-state index in [4.69, 9.17) is 0 Å². The van der Waals surface area contributed by atoms with E-state index in [1.54, 1.807) is 0 Å². The lowest BCUT2D eigenvalue weighted by Gasteiger charge is -2.18. The Hall–Kier alpha value is -1.88. The minimum atomic E-state index is -1.08. The first-order valence-electron chi connectivity index (χ1n) is 5.61. The number of nitrogens with one attached hydrogen (secondary N) is 1. The van der Waals surface area contributed by atoms with Crippen molar-refractivity contribution in [1.82, 2.24) is 5.32 Å². The van der Waals surface area contributed by atoms with Crippen LogP contribution in [0.5, 0.6) is 0 Å². The molecule has 2 aromatic carbocycles. The van der Waals surface area contributed by atoms with Gasteiger partial charge in [0, 0.05) is 11.1 Å². The fraction of sp³-hybridized carbons (Fsp3) is 0.143. The summed E-state index contributed by atoms with van der Waals surface area (Å²) in [6.45, 7) is 0. The Balaban J connectivity index is 2.57. The van der Waals surface area contributed by atoms with Gasteiger partial charge in [0.05, 0.1) is 6.04 Å². The van der Waals surface area contributed by atoms with Gasteiger partial charge in [-0.15, -0.1) is 0 Å². The SMILES string of the molecule is CNC(c1cccc(F)c1F)c1cccc(F)c1F. The van der Waals surface area contributed by atoms with Crippen LogP contribution < -0.4 is 5.32 Å². The lowest BCUT2D eigenvalue weighted by atomic mass is 9.97. The van der Waals surface area contributed by atoms with Crippen LogP contribution in [-0.4, -0.2) is 7.05 Å². The van der Waals surface area contributed by atoms with E-state index in [9.17, 15) is 17.6 Å². The molecule has 0 radical (unpaired) electrons. The van der Waals surface area contributed by atoms with E-state index >= 15 is 0 Å². The number of rotatable bonds is 3. The molecule has 0 saturated carbocycles. The van der Waals surface area contributed by atoms with E-state index in [-0.39, 0.29) is 11.1 Å². The quantitative estimate of drug-likeness (QED) is 0.840. The molecule has 0 aromatic heterocycles. The minimum absolute atomic E-state index is 0.0769. The van der Waals surface area contributed by atoms with Crippen molar-refractivity contribution < 1.29 is 17.6 Å². The third kappa shape index (κ3) is 2.46. The molecule has 2 aromatic rings. The van der Waals surface area contributed by atoms with Gasteiger partial charge >= 0.3 is 0 Å². The average Bonchev–Trinajstić information content (AvgIpc) is 2.40. The highest BCUT2D eigenvalue weighted by atomic mass is 19.2. The molecule has 0 unspecified atom stereocenters. The van der Waals surface area contributed by atoms with Crippen molar-refractivity contribution in [3.8, 4) is 0 Å². The Morgan fingerprint density at radius 2 is 1.21 bits per heavy atom. The molecular weight excluding hydrogens is 258 g/mol. The molecule has 0 bridgehead atoms. The van der Waals surface area contributed by atoms with Gasteiger partial charge in [-0.25, -0.2) is 17.6 Å². The van der Waals surface area contributed by atoms with Crippen molar-refractivity contribution in [2.45, 2.75) is 6.04 Å². The van der Waals surface area contributed by atoms with Gasteiger partial charge in [-0.2, -0.15) is 0 Å². The molecule has 0 atom stereocenters. The molecule has 0 fully saturated rings. The molecule has 2 rings (SSSR count). The van der Waals surface area contributed by atoms with Crippen molar-refractivity contribution in [2.24, 2.45) is 0 Å². The van der Waals surface area contributed by atoms with E-state index in [1.807, 2.05) is 0 Å². The highest BCUT2D eigenvalue weighted by molar-refractivity contribution is 5.34. The second kappa shape index (κ2) is 5.40. The van der Waals surface area contributed by atoms with Crippen molar-refractivity contribution in [3.05, 3.63) is 70.8 Å². The standard InChI is InChI=1S/C14H11F4N/c1-19-14(8-4-2-6-10(15)12(8)17)9-5-3-7-11(16)13(9)18/h2-7,14,19H,1H3. The van der Waals surface area contributed by atoms with Crippen molar-refractivity contribution >= 4 is 0 Å². The predicted octanol–water partition coefficient (Wildman–Crippen LogP) is 3.55. The Morgan fingerprint density at radius 3 is 1.58 bits per heavy atom. The van der Waals surface area contributed by atoms with Gasteiger partial charge in [-0.05, 0) is 19.2 Å². The minimum Gasteiger partial charge on any atom is -0.309 e. The summed E-state index contributed by atoms with van der Waals surface area (Å²) >= 11 is 0. The van der Waals surface area contributed by atoms with Crippen molar-refractivity contribution in [1.29, 1.82) is 0 Å². The van der Waals surface area contributed by atoms with Gasteiger partial charge in [0.2, 0.25) is 0 Å². The van der Waals surface area contributed by atoms with E-state index in [1.165, 1.54) is 31.3 Å². The Kier molecular flexibility index (Phi) is 3.85. The lowest BCUT2D eigenvalue weighted by Crippen LogP contribution is -2.21. The van der Waals surface area contributed by atoms with Gasteiger partial charge in [0.25, 0.3) is 0 Å². The molecule has 0 amide bonds. The monoisotopic (exact) mass is 269 g/mol. The zero-order valence-electron chi connectivity index (χ0n) is 10.1. The molecule has 1 nitrogen and oxygen atoms in total. The molecule has 0 aliphatic heterocycles. The first-order chi connectivity index (χ1) is 9.06. The molecule has 0 heterocycles. The van der Waals surface area contributed by atoms with Gasteiger partial charge < -0.3 is 5.32 Å². The maximum atomic E-state index is 13.7. The zero-order valence-corrected chi connectivity index (χ0v) is 10.1. The van der Waals surface area contributed by atoms with E-state index < -0.39 is 29.3 Å². The van der Waals surface area contributed by atoms with E-state index in [0.29, 0.717) is 0 Å². The van der Waals surface area contributed by atoms with Gasteiger partial charge in [-0.1, -0.05) is 24.3 Å². The maximum Gasteiger partial charge on any atom is 0.163 e. The number of hydrogen-bond acceptors (Lipinski definition) is 1. The van der Waals surface area contributed by atoms with Gasteiger partial charge in [0.1, 0.15) is 0 Å². The Labute approximate surface area is 107 Å². The summed E-state index contributed by atoms with van der Waals surface area (Å²) in [5.41, 5.74) is -0.154. The van der Waals surface area contributed by atoms with Crippen molar-refractivity contribution in [3.63, 3.8) is 0 Å². The zero-order chi connectivity index (χ0) is 14.0. The molecule has 0 aliphatic carbocycles. The molecule has 0 saturated heterocycles. The van der Waals surface area contributed by atoms with Crippen LogP contribution in [0.3, 0.4) is 0 Å². The Bertz CT molecular complexity index is 546. The first kappa shape index (κ1) is 13.5. The highest BCUT2D eigenvalue weighted by Crippen LogP contribution is 2.28. The molecule has 1 N–H and O–H groups in total. The van der Waals surface area contributed by atoms with Gasteiger partial charge in [-0.3, -0.25) is 0 Å². The number of benzene rings is 2. The topological polar surface area (TPSA) is 12.0 Å². The van der Waals surface area contributed by atoms with E-state index in [0.717, 1.165) is 12.1 Å². The van der Waals surface area contributed by atoms with Crippen molar-refractivity contribution in [2.75, 3.05) is 7.05 Å². The van der Waals surface area contributed by atoms with Crippen LogP contribution in [0.25, 0.3) is 0 Å². The molecule has 19 heavy (non-hydrogen) atoms. The molecular formula is C14H11F4N. The summed E-state index contributed by atoms with van der Waals surface area (Å²) < 4.78 is 53.9. The third-order valence-corrected chi connectivity index (χ3v) is 2.87. The Morgan fingerprint density at radius 1 is 0.789 bits per heavy atom. The fourth-order valence-electron chi connectivity index (χ4n) is 1.97. The maximum absolute atomic E-state index is 13.7. The lowest BCUT2D eigenvalue weighted by molar-refractivity contribution is 0.468. The number of hydrogen-bond donors (Lipinski definition) is 1. The van der Waals surface area contributed by atoms with Crippen LogP contribution in [0.1, 0.15) is 17.2 Å². The van der Waals surface area contributed by atoms with Crippen LogP contribution in [0, 0.1) is 23.3 Å². The smallest absolute Gasteiger partial charge is 0.163 e. The molecule has 100 valence electrons. The van der Waals surface area contributed by atoms with Crippen LogP contribution in [0.4, 0.5) is 17.6 Å². The molecule has 5 heteroatoms. The van der Waals surface area contributed by atoms with Crippen LogP contribution >= 0.6 is 0 Å². The predicted molar refractivity (Wildman–Crippen MR) is 63.6 cm³/mol. The van der Waals surface area contributed by atoms with E-state index in [2.05, 4.69) is 5.32 Å².